The molecule has 0 atom stereocenters. The maximum Gasteiger partial charge on any atom is 0.335 e. The number of anilines is 1. The fraction of sp³-hybridized carbons (Fsp3) is 0.0833. The molecule has 158 valence electrons. The van der Waals surface area contributed by atoms with E-state index >= 15 is 0 Å². The number of hydrogen-bond donors (Lipinski definition) is 2. The largest absolute Gasteiger partial charge is 0.478 e. The van der Waals surface area contributed by atoms with Crippen molar-refractivity contribution in [3.05, 3.63) is 100 Å². The third kappa shape index (κ3) is 3.47. The number of nitrogen functional groups attached to an aromatic ring is 1. The van der Waals surface area contributed by atoms with Gasteiger partial charge < -0.3 is 15.4 Å². The van der Waals surface area contributed by atoms with Gasteiger partial charge in [0.2, 0.25) is 5.95 Å². The summed E-state index contributed by atoms with van der Waals surface area (Å²) in [7, 11) is 0. The second kappa shape index (κ2) is 7.66. The number of carboxylic acid groups (broad SMARTS) is 1. The Morgan fingerprint density at radius 3 is 2.53 bits per heavy atom. The number of imidazole rings is 1. The Balaban J connectivity index is 1.55. The normalized spacial score (nSPS) is 11.2. The smallest absolute Gasteiger partial charge is 0.335 e. The van der Waals surface area contributed by atoms with Crippen LogP contribution in [0.15, 0.2) is 77.9 Å². The summed E-state index contributed by atoms with van der Waals surface area (Å²) in [4.78, 5) is 32.4. The van der Waals surface area contributed by atoms with Crippen LogP contribution in [0, 0.1) is 0 Å². The monoisotopic (exact) mass is 425 g/mol. The molecule has 0 saturated carbocycles. The molecule has 8 heteroatoms. The van der Waals surface area contributed by atoms with Gasteiger partial charge in [-0.3, -0.25) is 9.36 Å². The first-order chi connectivity index (χ1) is 15.5. The van der Waals surface area contributed by atoms with Crippen molar-refractivity contribution in [1.82, 2.24) is 19.1 Å². The highest BCUT2D eigenvalue weighted by Gasteiger charge is 2.16. The molecule has 0 fully saturated rings. The van der Waals surface area contributed by atoms with E-state index in [9.17, 15) is 14.7 Å². The molecule has 0 aliphatic carbocycles. The minimum atomic E-state index is -1.01. The van der Waals surface area contributed by atoms with Gasteiger partial charge >= 0.3 is 11.5 Å². The van der Waals surface area contributed by atoms with Crippen molar-refractivity contribution in [2.45, 2.75) is 13.1 Å². The summed E-state index contributed by atoms with van der Waals surface area (Å²) < 4.78 is 3.38. The first kappa shape index (κ1) is 19.5. The molecule has 3 N–H and O–H groups in total. The highest BCUT2D eigenvalue weighted by molar-refractivity contribution is 5.87. The Bertz CT molecular complexity index is 1550. The molecule has 5 rings (SSSR count). The van der Waals surface area contributed by atoms with Gasteiger partial charge in [-0.2, -0.15) is 4.98 Å². The Morgan fingerprint density at radius 1 is 0.938 bits per heavy atom. The predicted molar refractivity (Wildman–Crippen MR) is 122 cm³/mol. The quantitative estimate of drug-likeness (QED) is 0.447. The van der Waals surface area contributed by atoms with E-state index in [1.165, 1.54) is 6.07 Å². The molecule has 0 aliphatic heterocycles. The van der Waals surface area contributed by atoms with E-state index < -0.39 is 11.5 Å². The molecule has 0 radical (unpaired) electrons. The standard InChI is InChI=1S/C24H19N5O3/c25-24-27-22(30)20-21(29(24)13-15-4-3-7-19(11-15)23(31)32)26-14-28(20)12-16-8-9-17-5-1-2-6-18(17)10-16/h1-11,14H,12-13H2,(H,31,32)(H2,25,27,30). The van der Waals surface area contributed by atoms with Crippen molar-refractivity contribution >= 4 is 33.9 Å². The van der Waals surface area contributed by atoms with Crippen molar-refractivity contribution in [3.8, 4) is 0 Å². The fourth-order valence-corrected chi connectivity index (χ4v) is 3.91. The number of rotatable bonds is 5. The maximum atomic E-state index is 12.7. The number of aromatic carboxylic acids is 1. The summed E-state index contributed by atoms with van der Waals surface area (Å²) in [5.41, 5.74) is 8.26. The molecule has 0 bridgehead atoms. The molecular formula is C24H19N5O3. The predicted octanol–water partition coefficient (Wildman–Crippen LogP) is 3.12. The summed E-state index contributed by atoms with van der Waals surface area (Å²) >= 11 is 0. The summed E-state index contributed by atoms with van der Waals surface area (Å²) in [5, 5.41) is 11.5. The van der Waals surface area contributed by atoms with E-state index in [0.717, 1.165) is 16.3 Å². The van der Waals surface area contributed by atoms with E-state index in [1.807, 2.05) is 30.3 Å². The third-order valence-electron chi connectivity index (χ3n) is 5.45. The highest BCUT2D eigenvalue weighted by atomic mass is 16.4. The van der Waals surface area contributed by atoms with Gasteiger partial charge in [-0.05, 0) is 40.1 Å². The zero-order chi connectivity index (χ0) is 22.2. The van der Waals surface area contributed by atoms with Crippen LogP contribution in [0.2, 0.25) is 0 Å². The molecule has 2 aromatic heterocycles. The van der Waals surface area contributed by atoms with Crippen LogP contribution in [0.25, 0.3) is 21.9 Å². The first-order valence-electron chi connectivity index (χ1n) is 10.0. The Hall–Kier alpha value is -4.46. The molecule has 8 nitrogen and oxygen atoms in total. The molecular weight excluding hydrogens is 406 g/mol. The zero-order valence-electron chi connectivity index (χ0n) is 17.0. The lowest BCUT2D eigenvalue weighted by Crippen LogP contribution is -2.20. The molecule has 2 heterocycles. The maximum absolute atomic E-state index is 12.7. The van der Waals surface area contributed by atoms with Crippen molar-refractivity contribution < 1.29 is 9.90 Å². The number of carboxylic acids is 1. The SMILES string of the molecule is Nc1nc(=O)c2c(ncn2Cc2ccc3ccccc3c2)n1Cc1cccc(C(=O)O)c1. The van der Waals surface area contributed by atoms with Gasteiger partial charge in [-0.1, -0.05) is 48.5 Å². The van der Waals surface area contributed by atoms with Crippen molar-refractivity contribution in [1.29, 1.82) is 0 Å². The topological polar surface area (TPSA) is 116 Å². The Labute approximate surface area is 182 Å². The molecule has 0 saturated heterocycles. The van der Waals surface area contributed by atoms with Crippen LogP contribution in [-0.2, 0) is 13.1 Å². The van der Waals surface area contributed by atoms with Crippen LogP contribution in [-0.4, -0.2) is 30.2 Å². The Morgan fingerprint density at radius 2 is 1.72 bits per heavy atom. The number of nitrogens with zero attached hydrogens (tertiary/aromatic N) is 4. The van der Waals surface area contributed by atoms with E-state index in [4.69, 9.17) is 5.73 Å². The van der Waals surface area contributed by atoms with Gasteiger partial charge in [0.15, 0.2) is 11.2 Å². The van der Waals surface area contributed by atoms with Crippen LogP contribution in [0.4, 0.5) is 5.95 Å². The lowest BCUT2D eigenvalue weighted by atomic mass is 10.1. The second-order valence-corrected chi connectivity index (χ2v) is 7.59. The average Bonchev–Trinajstić information content (AvgIpc) is 3.20. The van der Waals surface area contributed by atoms with Crippen LogP contribution in [0.5, 0.6) is 0 Å². The fourth-order valence-electron chi connectivity index (χ4n) is 3.91. The van der Waals surface area contributed by atoms with E-state index in [-0.39, 0.29) is 18.1 Å². The number of fused-ring (bicyclic) bond motifs is 2. The van der Waals surface area contributed by atoms with Gasteiger partial charge in [-0.15, -0.1) is 0 Å². The van der Waals surface area contributed by atoms with Gasteiger partial charge in [0.05, 0.1) is 18.4 Å². The zero-order valence-corrected chi connectivity index (χ0v) is 17.0. The summed E-state index contributed by atoms with van der Waals surface area (Å²) in [6.45, 7) is 0.695. The van der Waals surface area contributed by atoms with Crippen molar-refractivity contribution in [3.63, 3.8) is 0 Å². The molecule has 5 aromatic rings. The number of benzene rings is 3. The second-order valence-electron chi connectivity index (χ2n) is 7.59. The number of aromatic nitrogens is 4. The van der Waals surface area contributed by atoms with E-state index in [1.54, 1.807) is 33.7 Å². The van der Waals surface area contributed by atoms with Gasteiger partial charge in [0, 0.05) is 6.54 Å². The van der Waals surface area contributed by atoms with Crippen LogP contribution < -0.4 is 11.3 Å². The van der Waals surface area contributed by atoms with Crippen LogP contribution in [0.3, 0.4) is 0 Å². The summed E-state index contributed by atoms with van der Waals surface area (Å²) in [6.07, 6.45) is 1.60. The number of nitrogens with two attached hydrogens (primary N) is 1. The minimum Gasteiger partial charge on any atom is -0.478 e. The first-order valence-corrected chi connectivity index (χ1v) is 10.0. The third-order valence-corrected chi connectivity index (χ3v) is 5.45. The average molecular weight is 425 g/mol. The Kier molecular flexibility index (Phi) is 4.67. The van der Waals surface area contributed by atoms with Gasteiger partial charge in [0.25, 0.3) is 0 Å². The number of carbonyl (C=O) groups is 1. The molecule has 0 spiro atoms. The molecule has 0 unspecified atom stereocenters. The molecule has 3 aromatic carbocycles. The summed E-state index contributed by atoms with van der Waals surface area (Å²) in [5.74, 6) is -0.984. The highest BCUT2D eigenvalue weighted by Crippen LogP contribution is 2.19. The van der Waals surface area contributed by atoms with Gasteiger partial charge in [0.1, 0.15) is 0 Å². The summed E-state index contributed by atoms with van der Waals surface area (Å²) in [6, 6.07) is 20.8. The number of hydrogen-bond acceptors (Lipinski definition) is 5. The lowest BCUT2D eigenvalue weighted by molar-refractivity contribution is 0.0696. The van der Waals surface area contributed by atoms with Crippen LogP contribution >= 0.6 is 0 Å². The van der Waals surface area contributed by atoms with Crippen LogP contribution in [0.1, 0.15) is 21.5 Å². The van der Waals surface area contributed by atoms with E-state index in [2.05, 4.69) is 22.1 Å². The van der Waals surface area contributed by atoms with Crippen molar-refractivity contribution in [2.75, 3.05) is 5.73 Å². The minimum absolute atomic E-state index is 0.0270. The van der Waals surface area contributed by atoms with Crippen molar-refractivity contribution in [2.24, 2.45) is 0 Å². The lowest BCUT2D eigenvalue weighted by Gasteiger charge is -2.12. The van der Waals surface area contributed by atoms with Gasteiger partial charge in [-0.25, -0.2) is 9.78 Å². The molecule has 0 amide bonds. The molecule has 0 aliphatic rings. The van der Waals surface area contributed by atoms with E-state index in [0.29, 0.717) is 23.3 Å². The molecule has 32 heavy (non-hydrogen) atoms.